The van der Waals surface area contributed by atoms with Gasteiger partial charge in [0.1, 0.15) is 17.0 Å². The molecule has 3 aliphatic heterocycles. The van der Waals surface area contributed by atoms with Crippen LogP contribution in [0, 0.1) is 5.82 Å². The van der Waals surface area contributed by atoms with Crippen molar-refractivity contribution >= 4 is 40.2 Å². The lowest BCUT2D eigenvalue weighted by Crippen LogP contribution is -2.45. The highest BCUT2D eigenvalue weighted by atomic mass is 32.2. The van der Waals surface area contributed by atoms with Crippen LogP contribution >= 0.6 is 11.8 Å². The minimum Gasteiger partial charge on any atom is -0.442 e. The quantitative estimate of drug-likeness (QED) is 0.417. The van der Waals surface area contributed by atoms with E-state index in [0.717, 1.165) is 23.6 Å². The van der Waals surface area contributed by atoms with E-state index in [1.54, 1.807) is 23.9 Å². The fraction of sp³-hybridized carbons (Fsp3) is 0.464. The van der Waals surface area contributed by atoms with Crippen LogP contribution in [0.5, 0.6) is 0 Å². The fourth-order valence-corrected chi connectivity index (χ4v) is 5.47. The van der Waals surface area contributed by atoms with Crippen LogP contribution < -0.4 is 15.1 Å². The monoisotopic (exact) mass is 569 g/mol. The molecular formula is C28H36FN7O3S. The van der Waals surface area contributed by atoms with E-state index in [1.807, 2.05) is 41.1 Å². The summed E-state index contributed by atoms with van der Waals surface area (Å²) in [4.78, 5) is 26.9. The van der Waals surface area contributed by atoms with Gasteiger partial charge in [-0.2, -0.15) is 0 Å². The van der Waals surface area contributed by atoms with Crippen molar-refractivity contribution in [2.24, 2.45) is 15.5 Å². The number of rotatable bonds is 9. The minimum absolute atomic E-state index is 0.198. The van der Waals surface area contributed by atoms with Crippen LogP contribution in [0.25, 0.3) is 0 Å². The first kappa shape index (κ1) is 29.3. The van der Waals surface area contributed by atoms with Gasteiger partial charge in [-0.1, -0.05) is 41.2 Å². The second kappa shape index (κ2) is 14.1. The van der Waals surface area contributed by atoms with Gasteiger partial charge in [0.25, 0.3) is 0 Å². The number of thioether (sulfide) groups is 1. The zero-order valence-corrected chi connectivity index (χ0v) is 23.9. The van der Waals surface area contributed by atoms with Crippen LogP contribution in [-0.4, -0.2) is 72.7 Å². The van der Waals surface area contributed by atoms with Crippen molar-refractivity contribution in [1.82, 2.24) is 10.3 Å². The van der Waals surface area contributed by atoms with Crippen LogP contribution in [0.3, 0.4) is 0 Å². The predicted octanol–water partition coefficient (Wildman–Crippen LogP) is 5.06. The van der Waals surface area contributed by atoms with E-state index < -0.39 is 12.2 Å². The summed E-state index contributed by atoms with van der Waals surface area (Å²) < 4.78 is 20.5. The number of cyclic esters (lactones) is 1. The molecule has 10 nitrogen and oxygen atoms in total. The van der Waals surface area contributed by atoms with Crippen molar-refractivity contribution in [2.75, 3.05) is 48.3 Å². The summed E-state index contributed by atoms with van der Waals surface area (Å²) in [6, 6.07) is 5.02. The third-order valence-corrected chi connectivity index (χ3v) is 7.94. The maximum Gasteiger partial charge on any atom is 0.414 e. The maximum atomic E-state index is 15.2. The molecule has 0 aromatic heterocycles. The molecule has 2 fully saturated rings. The number of nitrogens with one attached hydrogen (secondary N) is 1. The Hall–Kier alpha value is -3.67. The van der Waals surface area contributed by atoms with E-state index in [0.29, 0.717) is 31.0 Å². The van der Waals surface area contributed by atoms with E-state index in [1.165, 1.54) is 23.5 Å². The number of carbonyl (C=O) groups excluding carboxylic acids is 2. The summed E-state index contributed by atoms with van der Waals surface area (Å²) in [7, 11) is 0. The first-order valence-electron chi connectivity index (χ1n) is 13.4. The van der Waals surface area contributed by atoms with E-state index >= 15 is 4.39 Å². The van der Waals surface area contributed by atoms with Gasteiger partial charge in [0.15, 0.2) is 0 Å². The van der Waals surface area contributed by atoms with E-state index in [9.17, 15) is 9.59 Å². The van der Waals surface area contributed by atoms with E-state index in [2.05, 4.69) is 33.9 Å². The number of halogens is 1. The number of nitrogens with zero attached hydrogens (tertiary/aromatic N) is 6. The zero-order chi connectivity index (χ0) is 28.5. The fourth-order valence-electron chi connectivity index (χ4n) is 4.66. The van der Waals surface area contributed by atoms with Gasteiger partial charge >= 0.3 is 6.09 Å². The number of amides is 2. The average Bonchev–Trinajstić information content (AvgIpc) is 3.33. The standard InChI is InChI=1S/C28H36FN7O3S/c1-4-5-6-7-8-20(2)19-40-27-18-36(33-32-31-27)22-11-13-34(14-12-22)26-10-9-23(15-25(26)29)35-17-24(39-28(35)38)16-30-21(3)37/h4-10,15,22,24H,11-14,16-19H2,1-3H3,(H,30,37)/b5-4-,7-6-,20-8+. The van der Waals surface area contributed by atoms with Crippen LogP contribution in [0.15, 0.2) is 69.7 Å². The smallest absolute Gasteiger partial charge is 0.414 e. The van der Waals surface area contributed by atoms with Crippen molar-refractivity contribution in [3.63, 3.8) is 0 Å². The third kappa shape index (κ3) is 7.93. The number of hydrogen-bond acceptors (Lipinski definition) is 9. The summed E-state index contributed by atoms with van der Waals surface area (Å²) in [5.74, 6) is 0.249. The SMILES string of the molecule is C\C=C/C=C\C=C(/C)CSC1=NN=NN(C2CCN(c3ccc(N4CC(CNC(C)=O)OC4=O)cc3F)CC2)C1. The van der Waals surface area contributed by atoms with Crippen molar-refractivity contribution < 1.29 is 18.7 Å². The molecule has 3 heterocycles. The Morgan fingerprint density at radius 3 is 2.75 bits per heavy atom. The number of carbonyl (C=O) groups is 2. The molecule has 4 rings (SSSR count). The van der Waals surface area contributed by atoms with E-state index in [-0.39, 0.29) is 30.9 Å². The van der Waals surface area contributed by atoms with Crippen LogP contribution in [0.2, 0.25) is 0 Å². The van der Waals surface area contributed by atoms with Crippen molar-refractivity contribution in [2.45, 2.75) is 45.8 Å². The molecular weight excluding hydrogens is 533 g/mol. The molecule has 214 valence electrons. The number of anilines is 2. The number of ether oxygens (including phenoxy) is 1. The highest BCUT2D eigenvalue weighted by Crippen LogP contribution is 2.31. The Morgan fingerprint density at radius 1 is 1.23 bits per heavy atom. The van der Waals surface area contributed by atoms with Crippen molar-refractivity contribution in [1.29, 1.82) is 0 Å². The molecule has 40 heavy (non-hydrogen) atoms. The second-order valence-corrected chi connectivity index (χ2v) is 10.9. The van der Waals surface area contributed by atoms with Crippen LogP contribution in [0.4, 0.5) is 20.6 Å². The molecule has 1 unspecified atom stereocenters. The summed E-state index contributed by atoms with van der Waals surface area (Å²) in [6.07, 6.45) is 10.7. The van der Waals surface area contributed by atoms with Gasteiger partial charge in [0.2, 0.25) is 5.91 Å². The number of hydrogen-bond donors (Lipinski definition) is 1. The van der Waals surface area contributed by atoms with Gasteiger partial charge < -0.3 is 15.0 Å². The molecule has 1 aromatic rings. The molecule has 0 aliphatic carbocycles. The maximum absolute atomic E-state index is 15.2. The normalized spacial score (nSPS) is 20.6. The number of allylic oxidation sites excluding steroid dienone is 5. The minimum atomic E-state index is -0.549. The molecule has 1 N–H and O–H groups in total. The molecule has 12 heteroatoms. The Bertz CT molecular complexity index is 1220. The Morgan fingerprint density at radius 2 is 2.02 bits per heavy atom. The predicted molar refractivity (Wildman–Crippen MR) is 157 cm³/mol. The van der Waals surface area contributed by atoms with Gasteiger partial charge in [-0.05, 0) is 50.1 Å². The highest BCUT2D eigenvalue weighted by Gasteiger charge is 2.33. The molecule has 3 aliphatic rings. The van der Waals surface area contributed by atoms with Crippen molar-refractivity contribution in [3.8, 4) is 0 Å². The lowest BCUT2D eigenvalue weighted by atomic mass is 10.0. The molecule has 0 bridgehead atoms. The lowest BCUT2D eigenvalue weighted by Gasteiger charge is -2.38. The van der Waals surface area contributed by atoms with Crippen molar-refractivity contribution in [3.05, 3.63) is 60.0 Å². The summed E-state index contributed by atoms with van der Waals surface area (Å²) in [5.41, 5.74) is 2.19. The second-order valence-electron chi connectivity index (χ2n) is 9.89. The summed E-state index contributed by atoms with van der Waals surface area (Å²) in [6.45, 7) is 7.94. The molecule has 2 saturated heterocycles. The zero-order valence-electron chi connectivity index (χ0n) is 23.1. The first-order valence-corrected chi connectivity index (χ1v) is 14.4. The highest BCUT2D eigenvalue weighted by molar-refractivity contribution is 8.14. The molecule has 0 spiro atoms. The average molecular weight is 570 g/mol. The number of benzene rings is 1. The molecule has 0 saturated carbocycles. The van der Waals surface area contributed by atoms with E-state index in [4.69, 9.17) is 4.74 Å². The van der Waals surface area contributed by atoms with Gasteiger partial charge in [-0.3, -0.25) is 14.7 Å². The van der Waals surface area contributed by atoms with Gasteiger partial charge in [-0.15, -0.1) is 16.9 Å². The lowest BCUT2D eigenvalue weighted by molar-refractivity contribution is -0.119. The molecule has 2 amide bonds. The third-order valence-electron chi connectivity index (χ3n) is 6.79. The largest absolute Gasteiger partial charge is 0.442 e. The Balaban J connectivity index is 1.27. The number of piperidine rings is 1. The van der Waals surface area contributed by atoms with Gasteiger partial charge in [-0.25, -0.2) is 9.18 Å². The summed E-state index contributed by atoms with van der Waals surface area (Å²) >= 11 is 1.67. The van der Waals surface area contributed by atoms with Crippen LogP contribution in [0.1, 0.15) is 33.6 Å². The molecule has 1 aromatic carbocycles. The molecule has 1 atom stereocenters. The van der Waals surface area contributed by atoms with Gasteiger partial charge in [0, 0.05) is 25.8 Å². The topological polar surface area (TPSA) is 102 Å². The Labute approximate surface area is 238 Å². The van der Waals surface area contributed by atoms with Crippen LogP contribution in [-0.2, 0) is 9.53 Å². The Kier molecular flexibility index (Phi) is 10.3. The summed E-state index contributed by atoms with van der Waals surface area (Å²) in [5, 5.41) is 18.0. The van der Waals surface area contributed by atoms with Gasteiger partial charge in [0.05, 0.1) is 37.1 Å². The first-order chi connectivity index (χ1) is 19.3. The molecule has 0 radical (unpaired) electrons.